The predicted molar refractivity (Wildman–Crippen MR) is 430 cm³/mol. The zero-order valence-electron chi connectivity index (χ0n) is 66.5. The Balaban J connectivity index is 1.58. The highest BCUT2D eigenvalue weighted by Gasteiger charge is 2.39. The van der Waals surface area contributed by atoms with Crippen molar-refractivity contribution in [2.45, 2.75) is 205 Å². The number of primary amides is 3. The molecule has 15 amide bonds. The molecule has 0 bridgehead atoms. The largest absolute Gasteiger partial charge is 0.370 e. The minimum absolute atomic E-state index is 0.0111. The number of hydrogen-bond acceptors (Lipinski definition) is 19. The SMILES string of the molecule is CC[C@H](C)[C@H](NC(=O)[C@H](Cc1c[nH]c2ccccc12)NC(=O)[C@H](CCCN)NC(=O)CNC(=O)[C@H](CC(N)=O)NC(=O)[C@@H](NC(=O)[C@H](CCCNC(=N)N)NC(=O)[C@@H](NC(=O)[C@H](Cc1c[nH]c2ccccc12)NC(=O)[C@H](CCCNC(=N)N)NC(C)=O)C(C)C)C(C)C)C(=O)N[C@@H](CCCNC(=N)N)C(=O)N[C@@H](CCC(N)=O)C(N)=O. The number of nitrogens with two attached hydrogens (primary N) is 7. The number of H-pyrrole nitrogens is 2. The summed E-state index contributed by atoms with van der Waals surface area (Å²) in [4.78, 5) is 213. The molecule has 0 saturated heterocycles. The number of aromatic amines is 2. The first kappa shape index (κ1) is 95.7. The van der Waals surface area contributed by atoms with Gasteiger partial charge in [0.1, 0.15) is 66.5 Å². The first-order chi connectivity index (χ1) is 54.8. The van der Waals surface area contributed by atoms with Gasteiger partial charge in [-0.1, -0.05) is 84.4 Å². The minimum atomic E-state index is -1.81. The number of nitrogens with one attached hydrogen (secondary N) is 20. The highest BCUT2D eigenvalue weighted by Crippen LogP contribution is 2.23. The summed E-state index contributed by atoms with van der Waals surface area (Å²) in [6, 6.07) is -1.63. The lowest BCUT2D eigenvalue weighted by Gasteiger charge is -2.29. The van der Waals surface area contributed by atoms with Gasteiger partial charge in [-0.2, -0.15) is 0 Å². The van der Waals surface area contributed by atoms with Crippen molar-refractivity contribution in [2.75, 3.05) is 32.7 Å². The molecule has 0 saturated carbocycles. The van der Waals surface area contributed by atoms with Gasteiger partial charge in [-0.15, -0.1) is 0 Å². The second-order valence-corrected chi connectivity index (χ2v) is 28.9. The number of hydrogen-bond donors (Lipinski definition) is 27. The summed E-state index contributed by atoms with van der Waals surface area (Å²) in [6.45, 7) is 10.3. The smallest absolute Gasteiger partial charge is 0.243 e. The van der Waals surface area contributed by atoms with Crippen molar-refractivity contribution >= 4 is 128 Å². The maximum absolute atomic E-state index is 14.9. The van der Waals surface area contributed by atoms with Gasteiger partial charge in [0.05, 0.1) is 13.0 Å². The number of carbonyl (C=O) groups is 15. The first-order valence-corrected chi connectivity index (χ1v) is 38.3. The maximum Gasteiger partial charge on any atom is 0.243 e. The zero-order valence-corrected chi connectivity index (χ0v) is 66.5. The molecule has 34 N–H and O–H groups in total. The van der Waals surface area contributed by atoms with Crippen LogP contribution < -0.4 is 120 Å². The lowest BCUT2D eigenvalue weighted by Crippen LogP contribution is -2.61. The Labute approximate surface area is 671 Å². The third kappa shape index (κ3) is 32.8. The molecule has 4 rings (SSSR count). The van der Waals surface area contributed by atoms with Crippen LogP contribution in [0.15, 0.2) is 60.9 Å². The number of guanidine groups is 3. The van der Waals surface area contributed by atoms with E-state index in [1.807, 2.05) is 6.07 Å². The molecule has 0 aliphatic heterocycles. The van der Waals surface area contributed by atoms with Crippen LogP contribution in [0.3, 0.4) is 0 Å². The van der Waals surface area contributed by atoms with Crippen LogP contribution in [0.2, 0.25) is 0 Å². The van der Waals surface area contributed by atoms with Crippen molar-refractivity contribution in [2.24, 2.45) is 57.9 Å². The molecular weight excluding hydrogens is 1510 g/mol. The summed E-state index contributed by atoms with van der Waals surface area (Å²) in [7, 11) is 0. The van der Waals surface area contributed by atoms with Gasteiger partial charge in [0.2, 0.25) is 88.6 Å². The first-order valence-electron chi connectivity index (χ1n) is 38.3. The van der Waals surface area contributed by atoms with Crippen LogP contribution >= 0.6 is 0 Å². The average molecular weight is 1620 g/mol. The molecular formula is C74H117N27O15. The van der Waals surface area contributed by atoms with E-state index < -0.39 is 192 Å². The van der Waals surface area contributed by atoms with Crippen LogP contribution in [-0.2, 0) is 84.8 Å². The average Bonchev–Trinajstić information content (AvgIpc) is 1.66. The Morgan fingerprint density at radius 3 is 1.15 bits per heavy atom. The number of rotatable bonds is 52. The fraction of sp³-hybridized carbons (Fsp3) is 0.541. The number of para-hydroxylation sites is 2. The summed E-state index contributed by atoms with van der Waals surface area (Å²) in [5.41, 5.74) is 41.3. The Hall–Kier alpha value is -12.7. The van der Waals surface area contributed by atoms with Gasteiger partial charge >= 0.3 is 0 Å². The second-order valence-electron chi connectivity index (χ2n) is 28.9. The molecule has 42 nitrogen and oxygen atoms in total. The molecule has 2 aromatic heterocycles. The van der Waals surface area contributed by atoms with Crippen LogP contribution in [0.25, 0.3) is 21.8 Å². The predicted octanol–water partition coefficient (Wildman–Crippen LogP) is -5.58. The molecule has 2 aromatic carbocycles. The number of carbonyl (C=O) groups excluding carboxylic acids is 15. The fourth-order valence-electron chi connectivity index (χ4n) is 12.3. The summed E-state index contributed by atoms with van der Waals surface area (Å²) in [6.07, 6.45) is 2.10. The van der Waals surface area contributed by atoms with Crippen molar-refractivity contribution in [1.82, 2.24) is 89.7 Å². The third-order valence-electron chi connectivity index (χ3n) is 18.8. The van der Waals surface area contributed by atoms with E-state index in [0.717, 1.165) is 10.9 Å². The van der Waals surface area contributed by atoms with E-state index in [0.29, 0.717) is 22.0 Å². The van der Waals surface area contributed by atoms with E-state index in [4.69, 9.17) is 56.4 Å². The van der Waals surface area contributed by atoms with Crippen molar-refractivity contribution in [1.29, 1.82) is 16.2 Å². The topological polar surface area (TPSA) is 722 Å². The standard InChI is InChI=1S/C74H117N27O15/c1-8-39(6)60(71(116)95-50(23-15-29-86-73(81)82)65(110)93-47(61(78)106)25-26-55(76)103)101-68(113)53(32-42-35-89-46-20-12-10-18-44(42)46)97-64(109)49(21-13-27-75)92-57(105)36-90-62(107)54(33-56(77)104)98-70(115)59(38(4)5)99-66(111)51(24-16-30-87-74(83)84)94-69(114)58(37(2)3)100-67(112)52(31-41-34-88-45-19-11-9-17-43(41)45)96-63(108)48(91-40(7)102)22-14-28-85-72(79)80/h9-12,17-20,34-35,37-39,47-54,58-60,88-89H,8,13-16,21-33,36,75H2,1-7H3,(H2,76,103)(H2,77,104)(H2,78,106)(H,90,107)(H,91,102)(H,92,105)(H,93,110)(H,94,114)(H,95,116)(H,96,108)(H,97,109)(H,98,115)(H,99,111)(H,100,112)(H,101,113)(H4,79,80,85)(H4,81,82,86)(H4,83,84,87)/t39-,47-,48-,49-,50-,51-,52-,53-,54-,58-,59-,60-/m0/s1. The molecule has 0 spiro atoms. The number of fused-ring (bicyclic) bond motifs is 2. The summed E-state index contributed by atoms with van der Waals surface area (Å²) >= 11 is 0. The summed E-state index contributed by atoms with van der Waals surface area (Å²) < 4.78 is 0. The molecule has 0 aliphatic carbocycles. The van der Waals surface area contributed by atoms with Crippen LogP contribution in [0, 0.1) is 34.0 Å². The van der Waals surface area contributed by atoms with E-state index in [2.05, 4.69) is 89.7 Å². The monoisotopic (exact) mass is 1620 g/mol. The lowest BCUT2D eigenvalue weighted by molar-refractivity contribution is -0.137. The van der Waals surface area contributed by atoms with Gasteiger partial charge < -0.3 is 130 Å². The number of aromatic nitrogens is 2. The Bertz CT molecular complexity index is 4110. The Morgan fingerprint density at radius 1 is 0.397 bits per heavy atom. The normalized spacial score (nSPS) is 14.2. The Morgan fingerprint density at radius 2 is 0.759 bits per heavy atom. The van der Waals surface area contributed by atoms with E-state index >= 15 is 0 Å². The number of benzene rings is 2. The molecule has 0 unspecified atom stereocenters. The van der Waals surface area contributed by atoms with Gasteiger partial charge in [-0.25, -0.2) is 0 Å². The second kappa shape index (κ2) is 48.4. The third-order valence-corrected chi connectivity index (χ3v) is 18.8. The van der Waals surface area contributed by atoms with Gasteiger partial charge in [0, 0.05) is 80.0 Å². The van der Waals surface area contributed by atoms with Gasteiger partial charge in [0.15, 0.2) is 17.9 Å². The molecule has 4 aromatic rings. The van der Waals surface area contributed by atoms with Crippen molar-refractivity contribution in [3.63, 3.8) is 0 Å². The minimum Gasteiger partial charge on any atom is -0.370 e. The van der Waals surface area contributed by atoms with Crippen LogP contribution in [0.5, 0.6) is 0 Å². The van der Waals surface area contributed by atoms with Crippen LogP contribution in [-0.4, -0.2) is 216 Å². The molecule has 116 heavy (non-hydrogen) atoms. The lowest BCUT2D eigenvalue weighted by atomic mass is 9.96. The van der Waals surface area contributed by atoms with E-state index in [9.17, 15) is 71.9 Å². The highest BCUT2D eigenvalue weighted by atomic mass is 16.2. The summed E-state index contributed by atoms with van der Waals surface area (Å²) in [5, 5.41) is 63.1. The van der Waals surface area contributed by atoms with Crippen LogP contribution in [0.1, 0.15) is 137 Å². The maximum atomic E-state index is 14.9. The molecule has 12 atom stereocenters. The molecule has 42 heteroatoms. The van der Waals surface area contributed by atoms with Crippen molar-refractivity contribution in [3.05, 3.63) is 72.1 Å². The highest BCUT2D eigenvalue weighted by molar-refractivity contribution is 6.01. The molecule has 0 radical (unpaired) electrons. The molecule has 0 fully saturated rings. The Kier molecular flexibility index (Phi) is 39.9. The van der Waals surface area contributed by atoms with Gasteiger partial charge in [0.25, 0.3) is 0 Å². The molecule has 0 aliphatic rings. The van der Waals surface area contributed by atoms with Crippen molar-refractivity contribution in [3.8, 4) is 0 Å². The van der Waals surface area contributed by atoms with Gasteiger partial charge in [-0.05, 0) is 105 Å². The fourth-order valence-corrected chi connectivity index (χ4v) is 12.3. The number of amides is 15. The van der Waals surface area contributed by atoms with Gasteiger partial charge in [-0.3, -0.25) is 88.1 Å². The van der Waals surface area contributed by atoms with Crippen LogP contribution in [0.4, 0.5) is 0 Å². The van der Waals surface area contributed by atoms with E-state index in [1.165, 1.54) is 20.8 Å². The summed E-state index contributed by atoms with van der Waals surface area (Å²) in [5.74, 6) is -16.7. The quantitative estimate of drug-likeness (QED) is 0.0111. The zero-order chi connectivity index (χ0) is 86.5. The van der Waals surface area contributed by atoms with Crippen molar-refractivity contribution < 1.29 is 71.9 Å². The van der Waals surface area contributed by atoms with E-state index in [1.54, 1.807) is 82.6 Å². The molecule has 638 valence electrons. The molecule has 2 heterocycles. The van der Waals surface area contributed by atoms with E-state index in [-0.39, 0.29) is 122 Å².